The van der Waals surface area contributed by atoms with E-state index in [2.05, 4.69) is 27.2 Å². The Morgan fingerprint density at radius 1 is 0.864 bits per heavy atom. The predicted molar refractivity (Wildman–Crippen MR) is 91.2 cm³/mol. The summed E-state index contributed by atoms with van der Waals surface area (Å²) in [6.07, 6.45) is 3.70. The van der Waals surface area contributed by atoms with Gasteiger partial charge in [0.15, 0.2) is 0 Å². The minimum absolute atomic E-state index is 0. The van der Waals surface area contributed by atoms with Crippen LogP contribution in [0.3, 0.4) is 0 Å². The summed E-state index contributed by atoms with van der Waals surface area (Å²) in [4.78, 5) is 4.25. The Morgan fingerprint density at radius 3 is 2.36 bits per heavy atom. The Bertz CT molecular complexity index is 878. The van der Waals surface area contributed by atoms with E-state index in [0.29, 0.717) is 5.69 Å². The molecule has 0 aliphatic heterocycles. The van der Waals surface area contributed by atoms with Gasteiger partial charge in [-0.05, 0) is 36.4 Å². The molecular weight excluding hydrogens is 298 g/mol. The van der Waals surface area contributed by atoms with Crippen LogP contribution in [0.25, 0.3) is 27.5 Å². The number of halogens is 1. The van der Waals surface area contributed by atoms with Gasteiger partial charge in [0.25, 0.3) is 0 Å². The summed E-state index contributed by atoms with van der Waals surface area (Å²) in [5, 5.41) is 11.3. The monoisotopic (exact) mass is 311 g/mol. The van der Waals surface area contributed by atoms with Crippen molar-refractivity contribution in [2.24, 2.45) is 0 Å². The quantitative estimate of drug-likeness (QED) is 0.539. The second-order valence-electron chi connectivity index (χ2n) is 4.90. The number of hydrogen-bond donors (Lipinski definition) is 2. The largest absolute Gasteiger partial charge is 0.308 e. The van der Waals surface area contributed by atoms with Crippen molar-refractivity contribution < 1.29 is 5.21 Å². The Morgan fingerprint density at radius 2 is 1.59 bits per heavy atom. The summed E-state index contributed by atoms with van der Waals surface area (Å²) >= 11 is 0. The van der Waals surface area contributed by atoms with E-state index >= 15 is 0 Å². The molecule has 0 amide bonds. The molecule has 0 saturated carbocycles. The number of para-hydroxylation sites is 1. The maximum absolute atomic E-state index is 8.94. The lowest BCUT2D eigenvalue weighted by Crippen LogP contribution is -1.95. The number of nitrogens with one attached hydrogen (secondary N) is 1. The fourth-order valence-electron chi connectivity index (χ4n) is 2.78. The van der Waals surface area contributed by atoms with Crippen molar-refractivity contribution in [1.82, 2.24) is 9.55 Å². The second-order valence-corrected chi connectivity index (χ2v) is 4.90. The molecule has 0 fully saturated rings. The minimum Gasteiger partial charge on any atom is -0.308 e. The van der Waals surface area contributed by atoms with E-state index in [-0.39, 0.29) is 12.4 Å². The highest BCUT2D eigenvalue weighted by molar-refractivity contribution is 6.08. The second kappa shape index (κ2) is 5.67. The van der Waals surface area contributed by atoms with Gasteiger partial charge in [0, 0.05) is 22.7 Å². The van der Waals surface area contributed by atoms with Crippen LogP contribution in [0.4, 0.5) is 5.69 Å². The molecule has 2 heterocycles. The SMILES string of the molecule is Cl.ONc1ccc(-n2c3ccccc3c3ccncc32)cc1. The normalized spacial score (nSPS) is 10.6. The highest BCUT2D eigenvalue weighted by Gasteiger charge is 2.11. The average molecular weight is 312 g/mol. The average Bonchev–Trinajstić information content (AvgIpc) is 2.90. The van der Waals surface area contributed by atoms with E-state index in [0.717, 1.165) is 16.7 Å². The summed E-state index contributed by atoms with van der Waals surface area (Å²) < 4.78 is 2.18. The Hall–Kier alpha value is -2.56. The Labute approximate surface area is 133 Å². The Balaban J connectivity index is 0.00000144. The van der Waals surface area contributed by atoms with Crippen LogP contribution in [0.2, 0.25) is 0 Å². The zero-order valence-electron chi connectivity index (χ0n) is 11.6. The summed E-state index contributed by atoms with van der Waals surface area (Å²) in [5.74, 6) is 0. The molecule has 5 heteroatoms. The first-order valence-electron chi connectivity index (χ1n) is 6.72. The van der Waals surface area contributed by atoms with Gasteiger partial charge in [-0.2, -0.15) is 0 Å². The first-order valence-corrected chi connectivity index (χ1v) is 6.72. The van der Waals surface area contributed by atoms with Crippen molar-refractivity contribution in [3.8, 4) is 5.69 Å². The van der Waals surface area contributed by atoms with E-state index in [1.807, 2.05) is 54.9 Å². The molecule has 4 aromatic rings. The van der Waals surface area contributed by atoms with Gasteiger partial charge in [-0.25, -0.2) is 0 Å². The van der Waals surface area contributed by atoms with E-state index < -0.39 is 0 Å². The number of rotatable bonds is 2. The Kier molecular flexibility index (Phi) is 3.71. The number of nitrogens with zero attached hydrogens (tertiary/aromatic N) is 2. The summed E-state index contributed by atoms with van der Waals surface area (Å²) in [6.45, 7) is 0. The van der Waals surface area contributed by atoms with Gasteiger partial charge >= 0.3 is 0 Å². The lowest BCUT2D eigenvalue weighted by molar-refractivity contribution is 0.389. The standard InChI is InChI=1S/C17H13N3O.ClH/c21-19-12-5-7-13(8-6-12)20-16-4-2-1-3-14(16)15-9-10-18-11-17(15)20;/h1-11,19,21H;1H. The fourth-order valence-corrected chi connectivity index (χ4v) is 2.78. The van der Waals surface area contributed by atoms with Crippen molar-refractivity contribution in [2.75, 3.05) is 5.48 Å². The number of benzene rings is 2. The van der Waals surface area contributed by atoms with Crippen LogP contribution in [0, 0.1) is 0 Å². The number of pyridine rings is 1. The van der Waals surface area contributed by atoms with Crippen LogP contribution in [-0.4, -0.2) is 14.8 Å². The third-order valence-electron chi connectivity index (χ3n) is 3.73. The number of fused-ring (bicyclic) bond motifs is 3. The predicted octanol–water partition coefficient (Wildman–Crippen LogP) is 4.40. The molecule has 110 valence electrons. The molecular formula is C17H14ClN3O. The molecule has 2 N–H and O–H groups in total. The molecule has 2 aromatic carbocycles. The molecule has 0 atom stereocenters. The molecule has 4 nitrogen and oxygen atoms in total. The topological polar surface area (TPSA) is 50.1 Å². The van der Waals surface area contributed by atoms with Gasteiger partial charge in [-0.1, -0.05) is 18.2 Å². The highest BCUT2D eigenvalue weighted by Crippen LogP contribution is 2.31. The van der Waals surface area contributed by atoms with Crippen molar-refractivity contribution in [2.45, 2.75) is 0 Å². The first-order chi connectivity index (χ1) is 10.4. The van der Waals surface area contributed by atoms with Gasteiger partial charge in [-0.3, -0.25) is 15.7 Å². The zero-order chi connectivity index (χ0) is 14.2. The smallest absolute Gasteiger partial charge is 0.0724 e. The van der Waals surface area contributed by atoms with Crippen LogP contribution >= 0.6 is 12.4 Å². The first kappa shape index (κ1) is 14.4. The minimum atomic E-state index is 0. The molecule has 0 aliphatic carbocycles. The van der Waals surface area contributed by atoms with Crippen molar-refractivity contribution in [3.05, 3.63) is 67.0 Å². The molecule has 0 radical (unpaired) electrons. The summed E-state index contributed by atoms with van der Waals surface area (Å²) in [7, 11) is 0. The van der Waals surface area contributed by atoms with E-state index in [1.54, 1.807) is 0 Å². The van der Waals surface area contributed by atoms with Gasteiger partial charge in [0.2, 0.25) is 0 Å². The number of hydrogen-bond acceptors (Lipinski definition) is 3. The molecule has 4 rings (SSSR count). The zero-order valence-corrected chi connectivity index (χ0v) is 12.4. The highest BCUT2D eigenvalue weighted by atomic mass is 35.5. The van der Waals surface area contributed by atoms with E-state index in [4.69, 9.17) is 5.21 Å². The van der Waals surface area contributed by atoms with Gasteiger partial charge in [-0.15, -0.1) is 12.4 Å². The van der Waals surface area contributed by atoms with Crippen molar-refractivity contribution in [1.29, 1.82) is 0 Å². The van der Waals surface area contributed by atoms with Crippen molar-refractivity contribution >= 4 is 39.9 Å². The fraction of sp³-hybridized carbons (Fsp3) is 0. The van der Waals surface area contributed by atoms with Crippen LogP contribution in [-0.2, 0) is 0 Å². The van der Waals surface area contributed by atoms with Crippen LogP contribution in [0.1, 0.15) is 0 Å². The third kappa shape index (κ3) is 2.09. The maximum atomic E-state index is 8.94. The lowest BCUT2D eigenvalue weighted by Gasteiger charge is -2.08. The van der Waals surface area contributed by atoms with Crippen LogP contribution in [0.5, 0.6) is 0 Å². The van der Waals surface area contributed by atoms with E-state index in [1.165, 1.54) is 10.8 Å². The molecule has 22 heavy (non-hydrogen) atoms. The van der Waals surface area contributed by atoms with Crippen molar-refractivity contribution in [3.63, 3.8) is 0 Å². The molecule has 0 unspecified atom stereocenters. The summed E-state index contributed by atoms with van der Waals surface area (Å²) in [5.41, 5.74) is 6.07. The van der Waals surface area contributed by atoms with E-state index in [9.17, 15) is 0 Å². The van der Waals surface area contributed by atoms with Gasteiger partial charge in [0.05, 0.1) is 22.9 Å². The van der Waals surface area contributed by atoms with Gasteiger partial charge < -0.3 is 4.57 Å². The number of aromatic nitrogens is 2. The molecule has 0 aliphatic rings. The molecule has 0 saturated heterocycles. The molecule has 0 bridgehead atoms. The number of anilines is 1. The molecule has 2 aromatic heterocycles. The lowest BCUT2D eigenvalue weighted by atomic mass is 10.2. The molecule has 0 spiro atoms. The van der Waals surface area contributed by atoms with Crippen LogP contribution in [0.15, 0.2) is 67.0 Å². The maximum Gasteiger partial charge on any atom is 0.0724 e. The summed E-state index contributed by atoms with van der Waals surface area (Å²) in [6, 6.07) is 18.0. The van der Waals surface area contributed by atoms with Crippen LogP contribution < -0.4 is 5.48 Å². The third-order valence-corrected chi connectivity index (χ3v) is 3.73. The van der Waals surface area contributed by atoms with Gasteiger partial charge in [0.1, 0.15) is 0 Å².